The summed E-state index contributed by atoms with van der Waals surface area (Å²) >= 11 is 1.79. The Balaban J connectivity index is 1.79. The number of thiazole rings is 1. The highest BCUT2D eigenvalue weighted by atomic mass is 32.1. The van der Waals surface area contributed by atoms with Gasteiger partial charge in [-0.05, 0) is 25.7 Å². The fraction of sp³-hybridized carbons (Fsp3) is 0.750. The Morgan fingerprint density at radius 1 is 1.38 bits per heavy atom. The third kappa shape index (κ3) is 1.79. The Bertz CT molecular complexity index is 367. The van der Waals surface area contributed by atoms with E-state index in [9.17, 15) is 0 Å². The predicted octanol–water partition coefficient (Wildman–Crippen LogP) is 2.38. The van der Waals surface area contributed by atoms with Gasteiger partial charge in [-0.1, -0.05) is 6.42 Å². The van der Waals surface area contributed by atoms with E-state index in [4.69, 9.17) is 15.5 Å². The largest absolute Gasteiger partial charge is 0.381 e. The molecule has 0 radical (unpaired) electrons. The monoisotopic (exact) mass is 238 g/mol. The molecule has 2 heterocycles. The molecule has 1 aliphatic carbocycles. The molecule has 4 heteroatoms. The summed E-state index contributed by atoms with van der Waals surface area (Å²) < 4.78 is 5.37. The zero-order valence-electron chi connectivity index (χ0n) is 9.45. The molecular formula is C12H18N2OS. The highest BCUT2D eigenvalue weighted by molar-refractivity contribution is 7.09. The van der Waals surface area contributed by atoms with Crippen molar-refractivity contribution in [3.8, 4) is 0 Å². The normalized spacial score (nSPS) is 25.3. The molecule has 0 spiro atoms. The Kier molecular flexibility index (Phi) is 2.73. The first-order valence-electron chi connectivity index (χ1n) is 6.10. The predicted molar refractivity (Wildman–Crippen MR) is 64.6 cm³/mol. The highest BCUT2D eigenvalue weighted by Crippen LogP contribution is 2.39. The van der Waals surface area contributed by atoms with Crippen molar-refractivity contribution >= 4 is 11.3 Å². The van der Waals surface area contributed by atoms with Crippen molar-refractivity contribution in [1.82, 2.24) is 4.98 Å². The van der Waals surface area contributed by atoms with E-state index >= 15 is 0 Å². The summed E-state index contributed by atoms with van der Waals surface area (Å²) in [6.45, 7) is 1.54. The standard InChI is InChI=1S/C12H18N2OS/c13-12(4-6-15-7-5-12)10-8-16-11(14-10)9-2-1-3-9/h8-9H,1-7,13H2. The average Bonchev–Trinajstić information content (AvgIpc) is 2.66. The number of nitrogens with zero attached hydrogens (tertiary/aromatic N) is 1. The van der Waals surface area contributed by atoms with Gasteiger partial charge in [-0.3, -0.25) is 0 Å². The maximum Gasteiger partial charge on any atom is 0.0960 e. The van der Waals surface area contributed by atoms with E-state index in [1.54, 1.807) is 11.3 Å². The van der Waals surface area contributed by atoms with Gasteiger partial charge in [-0.25, -0.2) is 4.98 Å². The van der Waals surface area contributed by atoms with Gasteiger partial charge in [0, 0.05) is 24.5 Å². The van der Waals surface area contributed by atoms with Crippen LogP contribution in [-0.2, 0) is 10.3 Å². The van der Waals surface area contributed by atoms with Crippen LogP contribution < -0.4 is 5.73 Å². The summed E-state index contributed by atoms with van der Waals surface area (Å²) in [4.78, 5) is 4.77. The van der Waals surface area contributed by atoms with E-state index in [0.717, 1.165) is 37.7 Å². The molecule has 1 aromatic rings. The lowest BCUT2D eigenvalue weighted by atomic mass is 9.85. The fourth-order valence-electron chi connectivity index (χ4n) is 2.35. The van der Waals surface area contributed by atoms with Crippen molar-refractivity contribution in [3.63, 3.8) is 0 Å². The number of hydrogen-bond acceptors (Lipinski definition) is 4. The number of rotatable bonds is 2. The Morgan fingerprint density at radius 2 is 2.12 bits per heavy atom. The Labute approximate surface area is 100 Å². The van der Waals surface area contributed by atoms with Gasteiger partial charge in [0.05, 0.1) is 16.2 Å². The molecule has 0 atom stereocenters. The number of aromatic nitrogens is 1. The first-order valence-corrected chi connectivity index (χ1v) is 6.98. The van der Waals surface area contributed by atoms with Crippen LogP contribution in [0.15, 0.2) is 5.38 Å². The molecule has 2 fully saturated rings. The second-order valence-corrected chi connectivity index (χ2v) is 5.86. The molecule has 1 saturated carbocycles. The van der Waals surface area contributed by atoms with E-state index in [1.807, 2.05) is 0 Å². The molecular weight excluding hydrogens is 220 g/mol. The van der Waals surface area contributed by atoms with Crippen LogP contribution in [0.3, 0.4) is 0 Å². The smallest absolute Gasteiger partial charge is 0.0960 e. The average molecular weight is 238 g/mol. The summed E-state index contributed by atoms with van der Waals surface area (Å²) in [5.74, 6) is 0.724. The van der Waals surface area contributed by atoms with Crippen molar-refractivity contribution < 1.29 is 4.74 Å². The van der Waals surface area contributed by atoms with Crippen LogP contribution in [-0.4, -0.2) is 18.2 Å². The summed E-state index contributed by atoms with van der Waals surface area (Å²) in [5.41, 5.74) is 7.29. The van der Waals surface area contributed by atoms with E-state index < -0.39 is 0 Å². The maximum absolute atomic E-state index is 6.42. The van der Waals surface area contributed by atoms with Gasteiger partial charge in [0.25, 0.3) is 0 Å². The van der Waals surface area contributed by atoms with Crippen LogP contribution in [0.2, 0.25) is 0 Å². The van der Waals surface area contributed by atoms with Crippen molar-refractivity contribution in [2.45, 2.75) is 43.6 Å². The van der Waals surface area contributed by atoms with Crippen molar-refractivity contribution in [3.05, 3.63) is 16.1 Å². The topological polar surface area (TPSA) is 48.1 Å². The van der Waals surface area contributed by atoms with Crippen molar-refractivity contribution in [2.75, 3.05) is 13.2 Å². The second-order valence-electron chi connectivity index (χ2n) is 4.97. The molecule has 1 aromatic heterocycles. The van der Waals surface area contributed by atoms with Crippen LogP contribution >= 0.6 is 11.3 Å². The minimum absolute atomic E-state index is 0.225. The molecule has 1 saturated heterocycles. The van der Waals surface area contributed by atoms with E-state index in [0.29, 0.717) is 0 Å². The van der Waals surface area contributed by atoms with Gasteiger partial charge in [-0.2, -0.15) is 0 Å². The van der Waals surface area contributed by atoms with Crippen LogP contribution in [0.1, 0.15) is 48.7 Å². The van der Waals surface area contributed by atoms with E-state index in [1.165, 1.54) is 24.3 Å². The zero-order chi connectivity index (χ0) is 11.0. The molecule has 88 valence electrons. The third-order valence-corrected chi connectivity index (χ3v) is 4.88. The van der Waals surface area contributed by atoms with Gasteiger partial charge in [0.15, 0.2) is 0 Å². The summed E-state index contributed by atoms with van der Waals surface area (Å²) in [6.07, 6.45) is 5.80. The molecule has 3 nitrogen and oxygen atoms in total. The lowest BCUT2D eigenvalue weighted by molar-refractivity contribution is 0.0509. The molecule has 16 heavy (non-hydrogen) atoms. The van der Waals surface area contributed by atoms with Crippen LogP contribution in [0.25, 0.3) is 0 Å². The van der Waals surface area contributed by atoms with Gasteiger partial charge in [0.2, 0.25) is 0 Å². The summed E-state index contributed by atoms with van der Waals surface area (Å²) in [6, 6.07) is 0. The molecule has 2 N–H and O–H groups in total. The first kappa shape index (κ1) is 10.7. The Morgan fingerprint density at radius 3 is 2.75 bits per heavy atom. The quantitative estimate of drug-likeness (QED) is 0.860. The van der Waals surface area contributed by atoms with Crippen LogP contribution in [0.5, 0.6) is 0 Å². The number of nitrogens with two attached hydrogens (primary N) is 1. The number of ether oxygens (including phenoxy) is 1. The molecule has 0 bridgehead atoms. The molecule has 1 aliphatic heterocycles. The van der Waals surface area contributed by atoms with Gasteiger partial charge >= 0.3 is 0 Å². The van der Waals surface area contributed by atoms with Crippen LogP contribution in [0, 0.1) is 0 Å². The second kappa shape index (κ2) is 4.09. The molecule has 0 amide bonds. The van der Waals surface area contributed by atoms with Gasteiger partial charge < -0.3 is 10.5 Å². The summed E-state index contributed by atoms with van der Waals surface area (Å²) in [7, 11) is 0. The molecule has 0 unspecified atom stereocenters. The molecule has 0 aromatic carbocycles. The van der Waals surface area contributed by atoms with Gasteiger partial charge in [-0.15, -0.1) is 11.3 Å². The Hall–Kier alpha value is -0.450. The molecule has 3 rings (SSSR count). The summed E-state index contributed by atoms with van der Waals surface area (Å²) in [5, 5.41) is 3.47. The maximum atomic E-state index is 6.42. The zero-order valence-corrected chi connectivity index (χ0v) is 10.3. The minimum Gasteiger partial charge on any atom is -0.381 e. The number of hydrogen-bond donors (Lipinski definition) is 1. The van der Waals surface area contributed by atoms with Crippen molar-refractivity contribution in [1.29, 1.82) is 0 Å². The lowest BCUT2D eigenvalue weighted by Gasteiger charge is -2.32. The fourth-order valence-corrected chi connectivity index (χ4v) is 3.45. The lowest BCUT2D eigenvalue weighted by Crippen LogP contribution is -2.42. The van der Waals surface area contributed by atoms with Gasteiger partial charge in [0.1, 0.15) is 0 Å². The molecule has 2 aliphatic rings. The SMILES string of the molecule is NC1(c2csc(C3CCC3)n2)CCOCC1. The first-order chi connectivity index (χ1) is 7.78. The van der Waals surface area contributed by atoms with Crippen LogP contribution in [0.4, 0.5) is 0 Å². The third-order valence-electron chi connectivity index (χ3n) is 3.87. The highest BCUT2D eigenvalue weighted by Gasteiger charge is 2.33. The van der Waals surface area contributed by atoms with E-state index in [-0.39, 0.29) is 5.54 Å². The van der Waals surface area contributed by atoms with E-state index in [2.05, 4.69) is 5.38 Å². The minimum atomic E-state index is -0.225. The van der Waals surface area contributed by atoms with Crippen molar-refractivity contribution in [2.24, 2.45) is 5.73 Å².